The Balaban J connectivity index is 1.46. The van der Waals surface area contributed by atoms with Crippen molar-refractivity contribution in [2.24, 2.45) is 0 Å². The fourth-order valence-electron chi connectivity index (χ4n) is 3.00. The van der Waals surface area contributed by atoms with Crippen LogP contribution in [0.15, 0.2) is 89.7 Å². The first-order chi connectivity index (χ1) is 13.8. The van der Waals surface area contributed by atoms with Gasteiger partial charge in [0.05, 0.1) is 25.0 Å². The molecule has 28 heavy (non-hydrogen) atoms. The molecule has 0 fully saturated rings. The number of nitrogens with zero attached hydrogens (tertiary/aromatic N) is 2. The van der Waals surface area contributed by atoms with Crippen molar-refractivity contribution in [1.29, 1.82) is 0 Å². The van der Waals surface area contributed by atoms with Crippen molar-refractivity contribution in [3.05, 3.63) is 96.7 Å². The Morgan fingerprint density at radius 2 is 1.79 bits per heavy atom. The predicted molar refractivity (Wildman–Crippen MR) is 107 cm³/mol. The molecule has 0 unspecified atom stereocenters. The van der Waals surface area contributed by atoms with Crippen LogP contribution in [0.5, 0.6) is 5.75 Å². The molecule has 0 atom stereocenters. The fourth-order valence-corrected chi connectivity index (χ4v) is 3.00. The molecular formula is C23H20N2O3. The lowest BCUT2D eigenvalue weighted by molar-refractivity contribution is -0.135. The quantitative estimate of drug-likeness (QED) is 0.481. The van der Waals surface area contributed by atoms with Gasteiger partial charge in [0.25, 0.3) is 5.91 Å². The zero-order chi connectivity index (χ0) is 19.2. The molecule has 5 heteroatoms. The first kappa shape index (κ1) is 17.8. The van der Waals surface area contributed by atoms with Crippen molar-refractivity contribution in [2.75, 3.05) is 6.61 Å². The fraction of sp³-hybridized carbons (Fsp3) is 0.130. The molecule has 0 N–H and O–H groups in total. The van der Waals surface area contributed by atoms with Crippen molar-refractivity contribution in [1.82, 2.24) is 9.88 Å². The van der Waals surface area contributed by atoms with Gasteiger partial charge in [-0.05, 0) is 47.2 Å². The van der Waals surface area contributed by atoms with E-state index in [1.54, 1.807) is 17.4 Å². The van der Waals surface area contributed by atoms with Gasteiger partial charge in [0.2, 0.25) is 0 Å². The number of amides is 1. The Morgan fingerprint density at radius 1 is 0.929 bits per heavy atom. The van der Waals surface area contributed by atoms with Crippen LogP contribution in [0.2, 0.25) is 0 Å². The maximum absolute atomic E-state index is 12.8. The van der Waals surface area contributed by atoms with E-state index < -0.39 is 0 Å². The summed E-state index contributed by atoms with van der Waals surface area (Å²) in [6.45, 7) is 0.705. The summed E-state index contributed by atoms with van der Waals surface area (Å²) in [6.07, 6.45) is 3.32. The molecule has 0 aliphatic carbocycles. The van der Waals surface area contributed by atoms with Crippen LogP contribution in [0.1, 0.15) is 11.5 Å². The maximum Gasteiger partial charge on any atom is 0.261 e. The Hall–Kier alpha value is -3.60. The lowest BCUT2D eigenvalue weighted by atomic mass is 10.1. The van der Waals surface area contributed by atoms with Crippen molar-refractivity contribution in [3.63, 3.8) is 0 Å². The zero-order valence-electron chi connectivity index (χ0n) is 15.3. The number of hydrogen-bond acceptors (Lipinski definition) is 4. The summed E-state index contributed by atoms with van der Waals surface area (Å²) in [5.74, 6) is 1.26. The lowest BCUT2D eigenvalue weighted by Crippen LogP contribution is -2.34. The average molecular weight is 372 g/mol. The van der Waals surface area contributed by atoms with E-state index in [-0.39, 0.29) is 12.5 Å². The van der Waals surface area contributed by atoms with Crippen LogP contribution in [-0.4, -0.2) is 22.4 Å². The number of carbonyl (C=O) groups excluding carboxylic acids is 1. The van der Waals surface area contributed by atoms with Gasteiger partial charge < -0.3 is 14.1 Å². The standard InChI is InChI=1S/C23H20N2O3/c26-23(17-28-21-11-10-18-6-1-2-7-19(18)14-21)25(16-22-9-5-13-27-22)15-20-8-3-4-12-24-20/h1-14H,15-17H2. The zero-order valence-corrected chi connectivity index (χ0v) is 15.3. The number of rotatable bonds is 7. The first-order valence-corrected chi connectivity index (χ1v) is 9.09. The van der Waals surface area contributed by atoms with Crippen LogP contribution in [0.4, 0.5) is 0 Å². The van der Waals surface area contributed by atoms with E-state index in [9.17, 15) is 4.79 Å². The highest BCUT2D eigenvalue weighted by molar-refractivity contribution is 5.84. The van der Waals surface area contributed by atoms with Gasteiger partial charge in [-0.2, -0.15) is 0 Å². The predicted octanol–water partition coefficient (Wildman–Crippen LogP) is 4.44. The molecule has 0 radical (unpaired) electrons. The molecule has 140 valence electrons. The van der Waals surface area contributed by atoms with Gasteiger partial charge in [-0.15, -0.1) is 0 Å². The molecule has 5 nitrogen and oxygen atoms in total. The molecule has 0 aliphatic rings. The molecule has 2 heterocycles. The molecule has 2 aromatic carbocycles. The molecule has 0 saturated carbocycles. The molecule has 0 saturated heterocycles. The number of ether oxygens (including phenoxy) is 1. The minimum atomic E-state index is -0.129. The number of aromatic nitrogens is 1. The molecular weight excluding hydrogens is 352 g/mol. The smallest absolute Gasteiger partial charge is 0.261 e. The van der Waals surface area contributed by atoms with Gasteiger partial charge in [0.1, 0.15) is 11.5 Å². The van der Waals surface area contributed by atoms with Gasteiger partial charge in [0, 0.05) is 6.20 Å². The number of fused-ring (bicyclic) bond motifs is 1. The molecule has 4 rings (SSSR count). The van der Waals surface area contributed by atoms with E-state index in [1.807, 2.05) is 72.8 Å². The van der Waals surface area contributed by atoms with E-state index in [0.717, 1.165) is 22.2 Å². The third kappa shape index (κ3) is 4.38. The van der Waals surface area contributed by atoms with Crippen molar-refractivity contribution >= 4 is 16.7 Å². The van der Waals surface area contributed by atoms with Crippen molar-refractivity contribution in [2.45, 2.75) is 13.1 Å². The number of hydrogen-bond donors (Lipinski definition) is 0. The molecule has 4 aromatic rings. The highest BCUT2D eigenvalue weighted by atomic mass is 16.5. The largest absolute Gasteiger partial charge is 0.484 e. The second-order valence-electron chi connectivity index (χ2n) is 6.45. The van der Waals surface area contributed by atoms with Crippen LogP contribution in [0.25, 0.3) is 10.8 Å². The average Bonchev–Trinajstić information content (AvgIpc) is 3.25. The third-order valence-electron chi connectivity index (χ3n) is 4.44. The number of pyridine rings is 1. The van der Waals surface area contributed by atoms with E-state index in [4.69, 9.17) is 9.15 Å². The molecule has 0 spiro atoms. The normalized spacial score (nSPS) is 10.7. The highest BCUT2D eigenvalue weighted by Gasteiger charge is 2.17. The third-order valence-corrected chi connectivity index (χ3v) is 4.44. The van der Waals surface area contributed by atoms with Crippen LogP contribution >= 0.6 is 0 Å². The second kappa shape index (κ2) is 8.39. The van der Waals surface area contributed by atoms with E-state index in [0.29, 0.717) is 18.8 Å². The van der Waals surface area contributed by atoms with Crippen LogP contribution in [0, 0.1) is 0 Å². The summed E-state index contributed by atoms with van der Waals surface area (Å²) in [6, 6.07) is 23.2. The number of benzene rings is 2. The minimum absolute atomic E-state index is 0.0497. The maximum atomic E-state index is 12.8. The number of furan rings is 1. The van der Waals surface area contributed by atoms with E-state index in [2.05, 4.69) is 4.98 Å². The van der Waals surface area contributed by atoms with E-state index in [1.165, 1.54) is 0 Å². The first-order valence-electron chi connectivity index (χ1n) is 9.09. The SMILES string of the molecule is O=C(COc1ccc2ccccc2c1)N(Cc1ccccn1)Cc1ccco1. The molecule has 0 aliphatic heterocycles. The van der Waals surface area contributed by atoms with Crippen LogP contribution in [-0.2, 0) is 17.9 Å². The lowest BCUT2D eigenvalue weighted by Gasteiger charge is -2.21. The highest BCUT2D eigenvalue weighted by Crippen LogP contribution is 2.20. The van der Waals surface area contributed by atoms with Gasteiger partial charge in [-0.3, -0.25) is 9.78 Å². The van der Waals surface area contributed by atoms with Gasteiger partial charge in [-0.1, -0.05) is 36.4 Å². The van der Waals surface area contributed by atoms with Gasteiger partial charge >= 0.3 is 0 Å². The summed E-state index contributed by atoms with van der Waals surface area (Å²) in [4.78, 5) is 18.8. The Bertz CT molecular complexity index is 1050. The second-order valence-corrected chi connectivity index (χ2v) is 6.45. The summed E-state index contributed by atoms with van der Waals surface area (Å²) in [5.41, 5.74) is 0.813. The molecule has 0 bridgehead atoms. The topological polar surface area (TPSA) is 55.6 Å². The van der Waals surface area contributed by atoms with Crippen LogP contribution in [0.3, 0.4) is 0 Å². The summed E-state index contributed by atoms with van der Waals surface area (Å²) < 4.78 is 11.2. The number of carbonyl (C=O) groups is 1. The van der Waals surface area contributed by atoms with Crippen molar-refractivity contribution < 1.29 is 13.9 Å². The minimum Gasteiger partial charge on any atom is -0.484 e. The van der Waals surface area contributed by atoms with E-state index >= 15 is 0 Å². The van der Waals surface area contributed by atoms with Crippen molar-refractivity contribution in [3.8, 4) is 5.75 Å². The van der Waals surface area contributed by atoms with Crippen LogP contribution < -0.4 is 4.74 Å². The Labute approximate surface area is 163 Å². The monoisotopic (exact) mass is 372 g/mol. The van der Waals surface area contributed by atoms with Gasteiger partial charge in [0.15, 0.2) is 6.61 Å². The summed E-state index contributed by atoms with van der Waals surface area (Å²) >= 11 is 0. The summed E-state index contributed by atoms with van der Waals surface area (Å²) in [7, 11) is 0. The summed E-state index contributed by atoms with van der Waals surface area (Å²) in [5, 5.41) is 2.21. The Morgan fingerprint density at radius 3 is 2.57 bits per heavy atom. The molecule has 2 aromatic heterocycles. The van der Waals surface area contributed by atoms with Gasteiger partial charge in [-0.25, -0.2) is 0 Å². The molecule has 1 amide bonds. The Kier molecular flexibility index (Phi) is 5.33.